The van der Waals surface area contributed by atoms with E-state index in [0.717, 1.165) is 18.5 Å². The lowest BCUT2D eigenvalue weighted by atomic mass is 10.1. The van der Waals surface area contributed by atoms with Crippen LogP contribution in [0.1, 0.15) is 34.5 Å². The van der Waals surface area contributed by atoms with E-state index in [-0.39, 0.29) is 0 Å². The zero-order chi connectivity index (χ0) is 12.1. The van der Waals surface area contributed by atoms with Gasteiger partial charge in [-0.05, 0) is 30.8 Å². The lowest BCUT2D eigenvalue weighted by molar-refractivity contribution is 0.0686. The summed E-state index contributed by atoms with van der Waals surface area (Å²) in [7, 11) is 0. The Balaban J connectivity index is 1.77. The van der Waals surface area contributed by atoms with Crippen molar-refractivity contribution in [3.05, 3.63) is 21.9 Å². The Morgan fingerprint density at radius 2 is 2.47 bits per heavy atom. The van der Waals surface area contributed by atoms with Gasteiger partial charge in [0.2, 0.25) is 0 Å². The Morgan fingerprint density at radius 3 is 3.18 bits per heavy atom. The molecule has 0 saturated carbocycles. The lowest BCUT2D eigenvalue weighted by Gasteiger charge is -2.23. The monoisotopic (exact) mass is 255 g/mol. The molecule has 1 aromatic rings. The van der Waals surface area contributed by atoms with Crippen LogP contribution in [-0.4, -0.2) is 30.3 Å². The normalized spacial score (nSPS) is 20.4. The third kappa shape index (κ3) is 3.52. The predicted molar refractivity (Wildman–Crippen MR) is 66.6 cm³/mol. The predicted octanol–water partition coefficient (Wildman–Crippen LogP) is 2.10. The molecule has 17 heavy (non-hydrogen) atoms. The quantitative estimate of drug-likeness (QED) is 0.846. The van der Waals surface area contributed by atoms with E-state index in [4.69, 9.17) is 9.84 Å². The van der Waals surface area contributed by atoms with E-state index in [2.05, 4.69) is 5.32 Å². The summed E-state index contributed by atoms with van der Waals surface area (Å²) >= 11 is 1.25. The molecule has 1 aliphatic rings. The second-order valence-electron chi connectivity index (χ2n) is 4.24. The van der Waals surface area contributed by atoms with Gasteiger partial charge in [-0.2, -0.15) is 0 Å². The number of aromatic carboxylic acids is 1. The van der Waals surface area contributed by atoms with Gasteiger partial charge in [0.05, 0.1) is 13.2 Å². The van der Waals surface area contributed by atoms with Crippen molar-refractivity contribution < 1.29 is 14.6 Å². The number of thiophene rings is 1. The highest BCUT2D eigenvalue weighted by Gasteiger charge is 2.14. The number of hydrogen-bond acceptors (Lipinski definition) is 4. The number of nitrogens with one attached hydrogen (secondary N) is 1. The van der Waals surface area contributed by atoms with Crippen molar-refractivity contribution >= 4 is 17.3 Å². The number of carboxylic acid groups (broad SMARTS) is 1. The molecule has 94 valence electrons. The molecule has 0 spiro atoms. The van der Waals surface area contributed by atoms with E-state index >= 15 is 0 Å². The number of rotatable bonds is 5. The highest BCUT2D eigenvalue weighted by Crippen LogP contribution is 2.18. The second kappa shape index (κ2) is 6.14. The molecule has 1 fully saturated rings. The van der Waals surface area contributed by atoms with Crippen LogP contribution in [0.5, 0.6) is 0 Å². The molecule has 5 heteroatoms. The van der Waals surface area contributed by atoms with E-state index in [1.54, 1.807) is 5.38 Å². The molecule has 0 radical (unpaired) electrons. The van der Waals surface area contributed by atoms with Gasteiger partial charge in [0.1, 0.15) is 4.88 Å². The smallest absolute Gasteiger partial charge is 0.346 e. The van der Waals surface area contributed by atoms with Crippen molar-refractivity contribution in [3.8, 4) is 0 Å². The molecular weight excluding hydrogens is 238 g/mol. The Morgan fingerprint density at radius 1 is 1.59 bits per heavy atom. The van der Waals surface area contributed by atoms with Crippen LogP contribution in [0.2, 0.25) is 0 Å². The molecule has 1 aromatic heterocycles. The number of piperidine rings is 1. The van der Waals surface area contributed by atoms with Crippen LogP contribution in [0.4, 0.5) is 0 Å². The molecule has 0 aliphatic carbocycles. The fourth-order valence-electron chi connectivity index (χ4n) is 2.01. The molecule has 0 amide bonds. The third-order valence-electron chi connectivity index (χ3n) is 2.93. The summed E-state index contributed by atoms with van der Waals surface area (Å²) in [5, 5.41) is 14.1. The highest BCUT2D eigenvalue weighted by molar-refractivity contribution is 7.12. The average molecular weight is 255 g/mol. The standard InChI is InChI=1S/C12H17NO3S/c14-12(15)11-9(4-6-17-11)7-16-8-10-3-1-2-5-13-10/h4,6,10,13H,1-3,5,7-8H2,(H,14,15). The molecule has 1 aliphatic heterocycles. The van der Waals surface area contributed by atoms with Gasteiger partial charge in [-0.15, -0.1) is 11.3 Å². The molecule has 0 bridgehead atoms. The Hall–Kier alpha value is -0.910. The summed E-state index contributed by atoms with van der Waals surface area (Å²) in [6.07, 6.45) is 3.64. The first kappa shape index (κ1) is 12.5. The van der Waals surface area contributed by atoms with Gasteiger partial charge < -0.3 is 15.2 Å². The molecule has 4 nitrogen and oxygen atoms in total. The van der Waals surface area contributed by atoms with Crippen LogP contribution in [0.15, 0.2) is 11.4 Å². The van der Waals surface area contributed by atoms with Crippen LogP contribution in [0.3, 0.4) is 0 Å². The van der Waals surface area contributed by atoms with E-state index in [0.29, 0.717) is 24.1 Å². The van der Waals surface area contributed by atoms with Gasteiger partial charge in [-0.25, -0.2) is 4.79 Å². The molecule has 1 unspecified atom stereocenters. The number of ether oxygens (including phenoxy) is 1. The zero-order valence-electron chi connectivity index (χ0n) is 9.65. The van der Waals surface area contributed by atoms with E-state index in [9.17, 15) is 4.79 Å². The minimum Gasteiger partial charge on any atom is -0.477 e. The minimum absolute atomic E-state index is 0.390. The topological polar surface area (TPSA) is 58.6 Å². The van der Waals surface area contributed by atoms with Crippen molar-refractivity contribution in [2.24, 2.45) is 0 Å². The maximum atomic E-state index is 10.9. The van der Waals surface area contributed by atoms with Crippen molar-refractivity contribution in [1.82, 2.24) is 5.32 Å². The minimum atomic E-state index is -0.866. The number of carboxylic acids is 1. The van der Waals surface area contributed by atoms with Crippen molar-refractivity contribution in [1.29, 1.82) is 0 Å². The van der Waals surface area contributed by atoms with Gasteiger partial charge >= 0.3 is 5.97 Å². The first-order valence-electron chi connectivity index (χ1n) is 5.88. The number of carbonyl (C=O) groups is 1. The maximum Gasteiger partial charge on any atom is 0.346 e. The number of hydrogen-bond donors (Lipinski definition) is 2. The van der Waals surface area contributed by atoms with Crippen LogP contribution >= 0.6 is 11.3 Å². The van der Waals surface area contributed by atoms with Gasteiger partial charge in [-0.1, -0.05) is 6.42 Å². The van der Waals surface area contributed by atoms with Gasteiger partial charge in [0.25, 0.3) is 0 Å². The fraction of sp³-hybridized carbons (Fsp3) is 0.583. The Bertz CT molecular complexity index is 372. The molecule has 0 aromatic carbocycles. The second-order valence-corrected chi connectivity index (χ2v) is 5.16. The largest absolute Gasteiger partial charge is 0.477 e. The molecular formula is C12H17NO3S. The average Bonchev–Trinajstić information content (AvgIpc) is 2.79. The summed E-state index contributed by atoms with van der Waals surface area (Å²) in [6.45, 7) is 2.12. The molecule has 2 N–H and O–H groups in total. The van der Waals surface area contributed by atoms with Crippen molar-refractivity contribution in [2.45, 2.75) is 31.9 Å². The summed E-state index contributed by atoms with van der Waals surface area (Å²) in [6, 6.07) is 2.25. The fourth-order valence-corrected chi connectivity index (χ4v) is 2.76. The molecule has 1 atom stereocenters. The van der Waals surface area contributed by atoms with E-state index < -0.39 is 5.97 Å². The van der Waals surface area contributed by atoms with Crippen LogP contribution in [0, 0.1) is 0 Å². The first-order valence-corrected chi connectivity index (χ1v) is 6.76. The highest BCUT2D eigenvalue weighted by atomic mass is 32.1. The summed E-state index contributed by atoms with van der Waals surface area (Å²) in [5.41, 5.74) is 0.776. The Labute approximate surface area is 105 Å². The van der Waals surface area contributed by atoms with Crippen molar-refractivity contribution in [2.75, 3.05) is 13.2 Å². The Kier molecular flexibility index (Phi) is 4.53. The van der Waals surface area contributed by atoms with Crippen molar-refractivity contribution in [3.63, 3.8) is 0 Å². The SMILES string of the molecule is O=C(O)c1sccc1COCC1CCCCN1. The molecule has 2 rings (SSSR count). The summed E-state index contributed by atoms with van der Waals surface area (Å²) in [4.78, 5) is 11.3. The molecule has 1 saturated heterocycles. The van der Waals surface area contributed by atoms with E-state index in [1.165, 1.54) is 24.2 Å². The molecule has 2 heterocycles. The van der Waals surface area contributed by atoms with Gasteiger partial charge in [0, 0.05) is 11.6 Å². The summed E-state index contributed by atoms with van der Waals surface area (Å²) < 4.78 is 5.59. The van der Waals surface area contributed by atoms with Gasteiger partial charge in [-0.3, -0.25) is 0 Å². The zero-order valence-corrected chi connectivity index (χ0v) is 10.5. The van der Waals surface area contributed by atoms with Crippen LogP contribution < -0.4 is 5.32 Å². The maximum absolute atomic E-state index is 10.9. The van der Waals surface area contributed by atoms with Gasteiger partial charge in [0.15, 0.2) is 0 Å². The first-order chi connectivity index (χ1) is 8.27. The van der Waals surface area contributed by atoms with Crippen LogP contribution in [0.25, 0.3) is 0 Å². The van der Waals surface area contributed by atoms with E-state index in [1.807, 2.05) is 6.07 Å². The lowest BCUT2D eigenvalue weighted by Crippen LogP contribution is -2.37. The van der Waals surface area contributed by atoms with Crippen LogP contribution in [-0.2, 0) is 11.3 Å². The summed E-state index contributed by atoms with van der Waals surface area (Å²) in [5.74, 6) is -0.866. The third-order valence-corrected chi connectivity index (χ3v) is 3.87.